The summed E-state index contributed by atoms with van der Waals surface area (Å²) >= 11 is 0. The summed E-state index contributed by atoms with van der Waals surface area (Å²) in [5.74, 6) is 0.735. The maximum atomic E-state index is 13.3. The van der Waals surface area contributed by atoms with E-state index in [0.29, 0.717) is 0 Å². The number of halogens is 1. The SMILES string of the molecule is Cc1ccccc1.Fc1ccc(-c2ccc(N3CCNCC3)nc2-c2ccncc2)cc1. The van der Waals surface area contributed by atoms with Crippen LogP contribution >= 0.6 is 0 Å². The second kappa shape index (κ2) is 10.6. The molecule has 0 radical (unpaired) electrons. The van der Waals surface area contributed by atoms with E-state index in [0.717, 1.165) is 54.4 Å². The van der Waals surface area contributed by atoms with Gasteiger partial charge in [0.05, 0.1) is 5.69 Å². The summed E-state index contributed by atoms with van der Waals surface area (Å²) in [7, 11) is 0. The van der Waals surface area contributed by atoms with E-state index in [2.05, 4.69) is 46.4 Å². The number of aryl methyl sites for hydroxylation is 1. The largest absolute Gasteiger partial charge is 0.354 e. The molecular formula is C27H27FN4. The van der Waals surface area contributed by atoms with Crippen molar-refractivity contribution in [3.05, 3.63) is 103 Å². The monoisotopic (exact) mass is 426 g/mol. The molecule has 0 aliphatic carbocycles. The van der Waals surface area contributed by atoms with Crippen LogP contribution in [0.15, 0.2) is 91.3 Å². The number of anilines is 1. The first-order valence-electron chi connectivity index (χ1n) is 10.9. The average Bonchev–Trinajstić information content (AvgIpc) is 2.86. The highest BCUT2D eigenvalue weighted by atomic mass is 19.1. The van der Waals surface area contributed by atoms with Crippen molar-refractivity contribution in [1.29, 1.82) is 0 Å². The first-order chi connectivity index (χ1) is 15.7. The molecule has 2 aromatic carbocycles. The zero-order chi connectivity index (χ0) is 22.2. The van der Waals surface area contributed by atoms with Crippen molar-refractivity contribution < 1.29 is 4.39 Å². The molecule has 0 atom stereocenters. The number of pyridine rings is 2. The van der Waals surface area contributed by atoms with Crippen molar-refractivity contribution in [3.8, 4) is 22.4 Å². The molecule has 3 heterocycles. The lowest BCUT2D eigenvalue weighted by Crippen LogP contribution is -2.43. The Balaban J connectivity index is 0.000000300. The van der Waals surface area contributed by atoms with Gasteiger partial charge >= 0.3 is 0 Å². The van der Waals surface area contributed by atoms with E-state index in [1.165, 1.54) is 17.7 Å². The molecule has 4 nitrogen and oxygen atoms in total. The van der Waals surface area contributed by atoms with Crippen molar-refractivity contribution in [3.63, 3.8) is 0 Å². The summed E-state index contributed by atoms with van der Waals surface area (Å²) in [5, 5.41) is 3.36. The first-order valence-corrected chi connectivity index (χ1v) is 10.9. The molecular weight excluding hydrogens is 399 g/mol. The molecule has 0 spiro atoms. The second-order valence-corrected chi connectivity index (χ2v) is 7.70. The van der Waals surface area contributed by atoms with E-state index in [9.17, 15) is 4.39 Å². The van der Waals surface area contributed by atoms with Gasteiger partial charge in [-0.05, 0) is 48.9 Å². The molecule has 0 unspecified atom stereocenters. The first kappa shape index (κ1) is 21.7. The Morgan fingerprint density at radius 1 is 0.781 bits per heavy atom. The highest BCUT2D eigenvalue weighted by Crippen LogP contribution is 2.32. The van der Waals surface area contributed by atoms with Crippen LogP contribution < -0.4 is 10.2 Å². The van der Waals surface area contributed by atoms with E-state index in [-0.39, 0.29) is 5.82 Å². The van der Waals surface area contributed by atoms with Crippen LogP contribution in [-0.2, 0) is 0 Å². The van der Waals surface area contributed by atoms with Gasteiger partial charge in [0.25, 0.3) is 0 Å². The highest BCUT2D eigenvalue weighted by molar-refractivity contribution is 5.81. The zero-order valence-electron chi connectivity index (χ0n) is 18.2. The van der Waals surface area contributed by atoms with Crippen LogP contribution in [-0.4, -0.2) is 36.1 Å². The Morgan fingerprint density at radius 3 is 2.09 bits per heavy atom. The second-order valence-electron chi connectivity index (χ2n) is 7.70. The van der Waals surface area contributed by atoms with Gasteiger partial charge in [-0.2, -0.15) is 0 Å². The molecule has 4 aromatic rings. The van der Waals surface area contributed by atoms with Crippen LogP contribution in [0.2, 0.25) is 0 Å². The molecule has 0 saturated carbocycles. The molecule has 5 heteroatoms. The molecule has 5 rings (SSSR count). The number of piperazine rings is 1. The van der Waals surface area contributed by atoms with Crippen LogP contribution in [0.1, 0.15) is 5.56 Å². The molecule has 1 aliphatic rings. The van der Waals surface area contributed by atoms with Crippen molar-refractivity contribution in [2.45, 2.75) is 6.92 Å². The number of benzene rings is 2. The van der Waals surface area contributed by atoms with Crippen molar-refractivity contribution in [2.24, 2.45) is 0 Å². The molecule has 1 aliphatic heterocycles. The van der Waals surface area contributed by atoms with Gasteiger partial charge in [-0.3, -0.25) is 4.98 Å². The third-order valence-corrected chi connectivity index (χ3v) is 5.37. The minimum Gasteiger partial charge on any atom is -0.354 e. The van der Waals surface area contributed by atoms with E-state index >= 15 is 0 Å². The summed E-state index contributed by atoms with van der Waals surface area (Å²) in [6, 6.07) is 24.8. The standard InChI is InChI=1S/C20H19FN4.C7H8/c21-17-3-1-15(2-4-17)18-5-6-19(25-13-11-23-12-14-25)24-20(18)16-7-9-22-10-8-16;1-7-5-3-2-4-6-7/h1-10,23H,11-14H2;2-6H,1H3. The third-order valence-electron chi connectivity index (χ3n) is 5.37. The van der Waals surface area contributed by atoms with Crippen LogP contribution in [0.4, 0.5) is 10.2 Å². The van der Waals surface area contributed by atoms with Crippen LogP contribution in [0, 0.1) is 12.7 Å². The lowest BCUT2D eigenvalue weighted by atomic mass is 10.00. The summed E-state index contributed by atoms with van der Waals surface area (Å²) in [5.41, 5.74) is 5.16. The maximum Gasteiger partial charge on any atom is 0.129 e. The highest BCUT2D eigenvalue weighted by Gasteiger charge is 2.16. The Kier molecular flexibility index (Phi) is 7.20. The van der Waals surface area contributed by atoms with Gasteiger partial charge in [0.2, 0.25) is 0 Å². The normalized spacial score (nSPS) is 13.2. The molecule has 0 amide bonds. The van der Waals surface area contributed by atoms with Gasteiger partial charge in [-0.25, -0.2) is 9.37 Å². The lowest BCUT2D eigenvalue weighted by Gasteiger charge is -2.29. The smallest absolute Gasteiger partial charge is 0.129 e. The molecule has 2 aromatic heterocycles. The number of hydrogen-bond acceptors (Lipinski definition) is 4. The fourth-order valence-electron chi connectivity index (χ4n) is 3.65. The Labute approximate surface area is 188 Å². The summed E-state index contributed by atoms with van der Waals surface area (Å²) in [6.45, 7) is 5.90. The summed E-state index contributed by atoms with van der Waals surface area (Å²) < 4.78 is 13.3. The maximum absolute atomic E-state index is 13.3. The van der Waals surface area contributed by atoms with Gasteiger partial charge in [-0.1, -0.05) is 48.0 Å². The summed E-state index contributed by atoms with van der Waals surface area (Å²) in [6.07, 6.45) is 3.53. The number of rotatable bonds is 3. The molecule has 162 valence electrons. The van der Waals surface area contributed by atoms with E-state index < -0.39 is 0 Å². The molecule has 1 fully saturated rings. The molecule has 1 N–H and O–H groups in total. The third kappa shape index (κ3) is 5.56. The van der Waals surface area contributed by atoms with Crippen molar-refractivity contribution >= 4 is 5.82 Å². The van der Waals surface area contributed by atoms with Gasteiger partial charge in [-0.15, -0.1) is 0 Å². The number of nitrogens with zero attached hydrogens (tertiary/aromatic N) is 3. The minimum atomic E-state index is -0.236. The van der Waals surface area contributed by atoms with Crippen molar-refractivity contribution in [2.75, 3.05) is 31.1 Å². The minimum absolute atomic E-state index is 0.236. The zero-order valence-corrected chi connectivity index (χ0v) is 18.2. The van der Waals surface area contributed by atoms with Crippen LogP contribution in [0.25, 0.3) is 22.4 Å². The predicted molar refractivity (Wildman–Crippen MR) is 129 cm³/mol. The van der Waals surface area contributed by atoms with E-state index in [1.54, 1.807) is 24.5 Å². The number of nitrogens with one attached hydrogen (secondary N) is 1. The fraction of sp³-hybridized carbons (Fsp3) is 0.185. The van der Waals surface area contributed by atoms with Gasteiger partial charge < -0.3 is 10.2 Å². The van der Waals surface area contributed by atoms with Gasteiger partial charge in [0.1, 0.15) is 11.6 Å². The fourth-order valence-corrected chi connectivity index (χ4v) is 3.65. The summed E-state index contributed by atoms with van der Waals surface area (Å²) in [4.78, 5) is 11.3. The number of hydrogen-bond donors (Lipinski definition) is 1. The van der Waals surface area contributed by atoms with E-state index in [1.807, 2.05) is 30.3 Å². The number of aromatic nitrogens is 2. The van der Waals surface area contributed by atoms with Crippen LogP contribution in [0.3, 0.4) is 0 Å². The van der Waals surface area contributed by atoms with E-state index in [4.69, 9.17) is 4.98 Å². The van der Waals surface area contributed by atoms with Gasteiger partial charge in [0.15, 0.2) is 0 Å². The Bertz CT molecular complexity index is 1110. The van der Waals surface area contributed by atoms with Crippen molar-refractivity contribution in [1.82, 2.24) is 15.3 Å². The Hall–Kier alpha value is -3.57. The average molecular weight is 427 g/mol. The quantitative estimate of drug-likeness (QED) is 0.479. The molecule has 1 saturated heterocycles. The van der Waals surface area contributed by atoms with Crippen LogP contribution in [0.5, 0.6) is 0 Å². The topological polar surface area (TPSA) is 41.0 Å². The Morgan fingerprint density at radius 2 is 1.47 bits per heavy atom. The lowest BCUT2D eigenvalue weighted by molar-refractivity contribution is 0.585. The molecule has 32 heavy (non-hydrogen) atoms. The molecule has 0 bridgehead atoms. The predicted octanol–water partition coefficient (Wildman–Crippen LogP) is 5.35. The van der Waals surface area contributed by atoms with Gasteiger partial charge in [0, 0.05) is 49.7 Å².